The van der Waals surface area contributed by atoms with Crippen molar-refractivity contribution >= 4 is 5.91 Å². The Morgan fingerprint density at radius 2 is 1.73 bits per heavy atom. The lowest BCUT2D eigenvalue weighted by molar-refractivity contribution is -0.124. The van der Waals surface area contributed by atoms with Crippen LogP contribution in [0.1, 0.15) is 40.2 Å². The van der Waals surface area contributed by atoms with E-state index >= 15 is 0 Å². The molecule has 1 amide bonds. The molecule has 1 aromatic rings. The first-order chi connectivity index (χ1) is 10.1. The molecule has 0 atom stereocenters. The summed E-state index contributed by atoms with van der Waals surface area (Å²) in [6.07, 6.45) is 0. The Kier molecular flexibility index (Phi) is 6.38. The van der Waals surface area contributed by atoms with E-state index in [1.54, 1.807) is 0 Å². The van der Waals surface area contributed by atoms with E-state index in [2.05, 4.69) is 10.6 Å². The number of rotatable bonds is 7. The van der Waals surface area contributed by atoms with Gasteiger partial charge in [-0.15, -0.1) is 0 Å². The summed E-state index contributed by atoms with van der Waals surface area (Å²) in [7, 11) is 0. The molecule has 0 radical (unpaired) electrons. The molecule has 0 aliphatic heterocycles. The van der Waals surface area contributed by atoms with Crippen LogP contribution in [0.15, 0.2) is 24.3 Å². The van der Waals surface area contributed by atoms with Gasteiger partial charge in [-0.3, -0.25) is 4.79 Å². The average Bonchev–Trinajstić information content (AvgIpc) is 2.42. The van der Waals surface area contributed by atoms with Crippen LogP contribution in [0.5, 0.6) is 5.75 Å². The third-order valence-corrected chi connectivity index (χ3v) is 2.97. The Balaban J connectivity index is 2.44. The number of hydrogen-bond acceptors (Lipinski definition) is 4. The fraction of sp³-hybridized carbons (Fsp3) is 0.588. The molecule has 1 aromatic carbocycles. The highest BCUT2D eigenvalue weighted by Crippen LogP contribution is 2.13. The number of amides is 1. The molecule has 0 unspecified atom stereocenters. The predicted molar refractivity (Wildman–Crippen MR) is 87.8 cm³/mol. The maximum absolute atomic E-state index is 11.7. The zero-order valence-electron chi connectivity index (χ0n) is 14.2. The lowest BCUT2D eigenvalue weighted by Crippen LogP contribution is -2.43. The summed E-state index contributed by atoms with van der Waals surface area (Å²) >= 11 is 0. The molecule has 0 spiro atoms. The number of carbonyl (C=O) groups is 1. The molecule has 22 heavy (non-hydrogen) atoms. The summed E-state index contributed by atoms with van der Waals surface area (Å²) in [6, 6.07) is 7.57. The number of aliphatic hydroxyl groups excluding tert-OH is 1. The summed E-state index contributed by atoms with van der Waals surface area (Å²) in [5.41, 5.74) is 0.531. The Bertz CT molecular complexity index is 476. The van der Waals surface area contributed by atoms with Crippen molar-refractivity contribution in [2.75, 3.05) is 13.2 Å². The quantitative estimate of drug-likeness (QED) is 0.719. The lowest BCUT2D eigenvalue weighted by Gasteiger charge is -2.23. The first-order valence-corrected chi connectivity index (χ1v) is 7.50. The van der Waals surface area contributed by atoms with Crippen molar-refractivity contribution in [2.24, 2.45) is 0 Å². The fourth-order valence-electron chi connectivity index (χ4n) is 1.70. The highest BCUT2D eigenvalue weighted by molar-refractivity contribution is 5.78. The van der Waals surface area contributed by atoms with E-state index in [1.807, 2.05) is 58.9 Å². The van der Waals surface area contributed by atoms with E-state index in [0.717, 1.165) is 5.56 Å². The SMILES string of the molecule is CC(C)(C)NC(=O)COc1ccc(CNC(C)(C)CO)cc1. The van der Waals surface area contributed by atoms with E-state index < -0.39 is 0 Å². The maximum atomic E-state index is 11.7. The number of benzene rings is 1. The summed E-state index contributed by atoms with van der Waals surface area (Å²) in [5, 5.41) is 15.3. The number of carbonyl (C=O) groups excluding carboxylic acids is 1. The van der Waals surface area contributed by atoms with Crippen LogP contribution in [-0.2, 0) is 11.3 Å². The number of nitrogens with one attached hydrogen (secondary N) is 2. The van der Waals surface area contributed by atoms with Crippen molar-refractivity contribution in [1.29, 1.82) is 0 Å². The minimum Gasteiger partial charge on any atom is -0.484 e. The first-order valence-electron chi connectivity index (χ1n) is 7.50. The Morgan fingerprint density at radius 3 is 2.23 bits per heavy atom. The molecule has 5 heteroatoms. The molecular formula is C17H28N2O3. The van der Waals surface area contributed by atoms with Crippen LogP contribution in [0.3, 0.4) is 0 Å². The van der Waals surface area contributed by atoms with Gasteiger partial charge in [-0.2, -0.15) is 0 Å². The molecule has 124 valence electrons. The average molecular weight is 308 g/mol. The van der Waals surface area contributed by atoms with Crippen molar-refractivity contribution in [1.82, 2.24) is 10.6 Å². The largest absolute Gasteiger partial charge is 0.484 e. The number of hydrogen-bond donors (Lipinski definition) is 3. The van der Waals surface area contributed by atoms with Crippen molar-refractivity contribution in [2.45, 2.75) is 52.2 Å². The van der Waals surface area contributed by atoms with Gasteiger partial charge < -0.3 is 20.5 Å². The van der Waals surface area contributed by atoms with Gasteiger partial charge in [-0.1, -0.05) is 12.1 Å². The van der Waals surface area contributed by atoms with Crippen molar-refractivity contribution in [3.8, 4) is 5.75 Å². The monoisotopic (exact) mass is 308 g/mol. The van der Waals surface area contributed by atoms with E-state index in [1.165, 1.54) is 0 Å². The van der Waals surface area contributed by atoms with Gasteiger partial charge in [0.2, 0.25) is 0 Å². The highest BCUT2D eigenvalue weighted by atomic mass is 16.5. The van der Waals surface area contributed by atoms with Gasteiger partial charge >= 0.3 is 0 Å². The molecular weight excluding hydrogens is 280 g/mol. The summed E-state index contributed by atoms with van der Waals surface area (Å²) in [4.78, 5) is 11.7. The molecule has 0 aliphatic carbocycles. The minimum absolute atomic E-state index is 0.00636. The van der Waals surface area contributed by atoms with Crippen LogP contribution in [0.25, 0.3) is 0 Å². The lowest BCUT2D eigenvalue weighted by atomic mass is 10.1. The zero-order valence-corrected chi connectivity index (χ0v) is 14.2. The standard InChI is InChI=1S/C17H28N2O3/c1-16(2,3)19-15(21)11-22-14-8-6-13(7-9-14)10-18-17(4,5)12-20/h6-9,18,20H,10-12H2,1-5H3,(H,19,21). The smallest absolute Gasteiger partial charge is 0.258 e. The normalized spacial score (nSPS) is 12.1. The predicted octanol–water partition coefficient (Wildman–Crippen LogP) is 1.84. The van der Waals surface area contributed by atoms with Crippen molar-refractivity contribution < 1.29 is 14.6 Å². The van der Waals surface area contributed by atoms with Gasteiger partial charge in [0.15, 0.2) is 6.61 Å². The van der Waals surface area contributed by atoms with Gasteiger partial charge in [-0.25, -0.2) is 0 Å². The van der Waals surface area contributed by atoms with Gasteiger partial charge in [0, 0.05) is 17.6 Å². The molecule has 0 heterocycles. The van der Waals surface area contributed by atoms with Gasteiger partial charge in [0.25, 0.3) is 5.91 Å². The second kappa shape index (κ2) is 7.61. The van der Waals surface area contributed by atoms with E-state index in [0.29, 0.717) is 12.3 Å². The molecule has 0 fully saturated rings. The third kappa shape index (κ3) is 7.43. The molecule has 0 saturated carbocycles. The fourth-order valence-corrected chi connectivity index (χ4v) is 1.70. The summed E-state index contributed by atoms with van der Waals surface area (Å²) < 4.78 is 5.46. The van der Waals surface area contributed by atoms with Crippen LogP contribution >= 0.6 is 0 Å². The maximum Gasteiger partial charge on any atom is 0.258 e. The van der Waals surface area contributed by atoms with Gasteiger partial charge in [0.1, 0.15) is 5.75 Å². The molecule has 0 aliphatic rings. The van der Waals surface area contributed by atoms with Crippen LogP contribution in [0.4, 0.5) is 0 Å². The van der Waals surface area contributed by atoms with E-state index in [-0.39, 0.29) is 30.2 Å². The molecule has 3 N–H and O–H groups in total. The van der Waals surface area contributed by atoms with Gasteiger partial charge in [0.05, 0.1) is 6.61 Å². The zero-order chi connectivity index (χ0) is 16.8. The summed E-state index contributed by atoms with van der Waals surface area (Å²) in [6.45, 7) is 10.4. The molecule has 0 saturated heterocycles. The van der Waals surface area contributed by atoms with E-state index in [9.17, 15) is 9.90 Å². The van der Waals surface area contributed by atoms with Crippen molar-refractivity contribution in [3.05, 3.63) is 29.8 Å². The number of ether oxygens (including phenoxy) is 1. The molecule has 1 rings (SSSR count). The van der Waals surface area contributed by atoms with Crippen LogP contribution in [0, 0.1) is 0 Å². The first kappa shape index (κ1) is 18.5. The summed E-state index contributed by atoms with van der Waals surface area (Å²) in [5.74, 6) is 0.525. The molecule has 5 nitrogen and oxygen atoms in total. The van der Waals surface area contributed by atoms with Crippen LogP contribution in [0.2, 0.25) is 0 Å². The highest BCUT2D eigenvalue weighted by Gasteiger charge is 2.15. The topological polar surface area (TPSA) is 70.6 Å². The second-order valence-electron chi connectivity index (χ2n) is 7.13. The van der Waals surface area contributed by atoms with Crippen LogP contribution in [-0.4, -0.2) is 35.3 Å². The Hall–Kier alpha value is -1.59. The Labute approximate surface area is 133 Å². The van der Waals surface area contributed by atoms with Crippen molar-refractivity contribution in [3.63, 3.8) is 0 Å². The number of aliphatic hydroxyl groups is 1. The van der Waals surface area contributed by atoms with E-state index in [4.69, 9.17) is 4.74 Å². The second-order valence-corrected chi connectivity index (χ2v) is 7.13. The molecule has 0 aromatic heterocycles. The third-order valence-electron chi connectivity index (χ3n) is 2.97. The van der Waals surface area contributed by atoms with Gasteiger partial charge in [-0.05, 0) is 52.3 Å². The molecule has 0 bridgehead atoms. The van der Waals surface area contributed by atoms with Crippen LogP contribution < -0.4 is 15.4 Å². The Morgan fingerprint density at radius 1 is 1.14 bits per heavy atom. The minimum atomic E-state index is -0.305.